The fourth-order valence-corrected chi connectivity index (χ4v) is 4.77. The van der Waals surface area contributed by atoms with Crippen molar-refractivity contribution in [3.8, 4) is 11.1 Å². The van der Waals surface area contributed by atoms with Gasteiger partial charge in [-0.3, -0.25) is 4.79 Å². The molecule has 1 N–H and O–H groups in total. The summed E-state index contributed by atoms with van der Waals surface area (Å²) in [6.45, 7) is 7.13. The lowest BCUT2D eigenvalue weighted by molar-refractivity contribution is -0.121. The number of hydrogen-bond acceptors (Lipinski definition) is 2. The van der Waals surface area contributed by atoms with E-state index in [1.165, 1.54) is 16.7 Å². The molecule has 0 saturated carbocycles. The lowest BCUT2D eigenvalue weighted by Gasteiger charge is -2.17. The molecule has 37 heavy (non-hydrogen) atoms. The van der Waals surface area contributed by atoms with Gasteiger partial charge in [-0.2, -0.15) is 0 Å². The Morgan fingerprint density at radius 1 is 0.757 bits per heavy atom. The second-order valence-electron chi connectivity index (χ2n) is 9.97. The predicted octanol–water partition coefficient (Wildman–Crippen LogP) is 7.29. The van der Waals surface area contributed by atoms with Crippen molar-refractivity contribution >= 4 is 16.9 Å². The van der Waals surface area contributed by atoms with Crippen LogP contribution in [0.4, 0.5) is 0 Å². The number of amides is 1. The van der Waals surface area contributed by atoms with Crippen LogP contribution in [0, 0.1) is 0 Å². The molecule has 0 saturated heterocycles. The zero-order valence-corrected chi connectivity index (χ0v) is 21.7. The molecule has 0 radical (unpaired) electrons. The molecule has 0 aliphatic heterocycles. The Labute approximate surface area is 219 Å². The lowest BCUT2D eigenvalue weighted by Crippen LogP contribution is -2.30. The number of nitrogens with zero attached hydrogens (tertiary/aromatic N) is 2. The van der Waals surface area contributed by atoms with E-state index in [9.17, 15) is 4.79 Å². The number of aromatic nitrogens is 2. The summed E-state index contributed by atoms with van der Waals surface area (Å²) in [5.74, 6) is 1.35. The average Bonchev–Trinajstić information content (AvgIpc) is 3.28. The van der Waals surface area contributed by atoms with Crippen molar-refractivity contribution in [1.29, 1.82) is 0 Å². The maximum Gasteiger partial charge on any atom is 0.224 e. The molecule has 1 amide bonds. The van der Waals surface area contributed by atoms with Crippen LogP contribution in [0.1, 0.15) is 55.2 Å². The van der Waals surface area contributed by atoms with Gasteiger partial charge in [-0.25, -0.2) is 4.98 Å². The van der Waals surface area contributed by atoms with Crippen molar-refractivity contribution < 1.29 is 4.79 Å². The molecule has 0 bridgehead atoms. The third-order valence-electron chi connectivity index (χ3n) is 6.86. The Balaban J connectivity index is 1.32. The van der Waals surface area contributed by atoms with Gasteiger partial charge in [0.1, 0.15) is 5.82 Å². The van der Waals surface area contributed by atoms with E-state index >= 15 is 0 Å². The van der Waals surface area contributed by atoms with E-state index in [1.54, 1.807) is 0 Å². The summed E-state index contributed by atoms with van der Waals surface area (Å²) in [6.07, 6.45) is 0.330. The maximum atomic E-state index is 13.0. The van der Waals surface area contributed by atoms with Crippen LogP contribution in [0.15, 0.2) is 103 Å². The van der Waals surface area contributed by atoms with Crippen molar-refractivity contribution in [2.24, 2.45) is 0 Å². The summed E-state index contributed by atoms with van der Waals surface area (Å²) >= 11 is 0. The minimum absolute atomic E-state index is 0.0140. The number of imidazole rings is 1. The second kappa shape index (κ2) is 10.8. The molecule has 1 aromatic heterocycles. The topological polar surface area (TPSA) is 46.9 Å². The molecule has 0 aliphatic rings. The zero-order valence-electron chi connectivity index (χ0n) is 21.7. The fraction of sp³-hybridized carbons (Fsp3) is 0.212. The normalized spacial score (nSPS) is 12.1. The number of carbonyl (C=O) groups excluding carboxylic acids is 1. The Kier molecular flexibility index (Phi) is 7.18. The van der Waals surface area contributed by atoms with Crippen molar-refractivity contribution in [2.75, 3.05) is 0 Å². The molecule has 5 aromatic rings. The van der Waals surface area contributed by atoms with Gasteiger partial charge in [0.25, 0.3) is 0 Å². The first-order valence-corrected chi connectivity index (χ1v) is 13.0. The third-order valence-corrected chi connectivity index (χ3v) is 6.86. The zero-order chi connectivity index (χ0) is 25.8. The first-order valence-electron chi connectivity index (χ1n) is 13.0. The number of fused-ring (bicyclic) bond motifs is 1. The third kappa shape index (κ3) is 5.64. The van der Waals surface area contributed by atoms with Gasteiger partial charge in [-0.05, 0) is 52.8 Å². The standard InChI is InChI=1S/C33H33N3O/c1-23(2)27-17-15-26(16-18-27)22-36-31-12-8-7-11-30(31)35-33(36)24(3)34-32(37)21-25-13-19-29(20-14-25)28-9-5-4-6-10-28/h4-20,23-24H,21-22H2,1-3H3,(H,34,37). The first kappa shape index (κ1) is 24.5. The predicted molar refractivity (Wildman–Crippen MR) is 152 cm³/mol. The second-order valence-corrected chi connectivity index (χ2v) is 9.97. The Bertz CT molecular complexity index is 1480. The van der Waals surface area contributed by atoms with Crippen LogP contribution in [0.2, 0.25) is 0 Å². The Morgan fingerprint density at radius 3 is 2.08 bits per heavy atom. The van der Waals surface area contributed by atoms with Gasteiger partial charge in [0.15, 0.2) is 0 Å². The maximum absolute atomic E-state index is 13.0. The van der Waals surface area contributed by atoms with Gasteiger partial charge in [0, 0.05) is 6.54 Å². The van der Waals surface area contributed by atoms with Crippen LogP contribution >= 0.6 is 0 Å². The van der Waals surface area contributed by atoms with Crippen LogP contribution in [-0.2, 0) is 17.8 Å². The van der Waals surface area contributed by atoms with E-state index in [-0.39, 0.29) is 11.9 Å². The lowest BCUT2D eigenvalue weighted by atomic mass is 10.0. The van der Waals surface area contributed by atoms with Crippen LogP contribution in [-0.4, -0.2) is 15.5 Å². The van der Waals surface area contributed by atoms with E-state index in [2.05, 4.69) is 78.3 Å². The monoisotopic (exact) mass is 487 g/mol. The van der Waals surface area contributed by atoms with Gasteiger partial charge >= 0.3 is 0 Å². The van der Waals surface area contributed by atoms with E-state index in [4.69, 9.17) is 4.98 Å². The molecule has 4 aromatic carbocycles. The molecule has 0 aliphatic carbocycles. The Hall–Kier alpha value is -4.18. The summed E-state index contributed by atoms with van der Waals surface area (Å²) in [7, 11) is 0. The molecule has 1 atom stereocenters. The van der Waals surface area contributed by atoms with E-state index in [0.717, 1.165) is 28.0 Å². The summed E-state index contributed by atoms with van der Waals surface area (Å²) < 4.78 is 2.22. The van der Waals surface area contributed by atoms with E-state index in [1.807, 2.05) is 55.5 Å². The van der Waals surface area contributed by atoms with Crippen molar-refractivity contribution in [3.63, 3.8) is 0 Å². The molecular weight excluding hydrogens is 454 g/mol. The molecule has 5 rings (SSSR count). The summed E-state index contributed by atoms with van der Waals surface area (Å²) in [5.41, 5.74) is 7.86. The van der Waals surface area contributed by atoms with E-state index in [0.29, 0.717) is 18.9 Å². The van der Waals surface area contributed by atoms with Gasteiger partial charge in [0.2, 0.25) is 5.91 Å². The quantitative estimate of drug-likeness (QED) is 0.250. The number of para-hydroxylation sites is 2. The largest absolute Gasteiger partial charge is 0.346 e. The fourth-order valence-electron chi connectivity index (χ4n) is 4.77. The van der Waals surface area contributed by atoms with Crippen LogP contribution in [0.3, 0.4) is 0 Å². The van der Waals surface area contributed by atoms with Gasteiger partial charge in [-0.1, -0.05) is 105 Å². The summed E-state index contributed by atoms with van der Waals surface area (Å²) in [4.78, 5) is 17.9. The van der Waals surface area contributed by atoms with Crippen molar-refractivity contribution in [2.45, 2.75) is 45.7 Å². The van der Waals surface area contributed by atoms with Crippen molar-refractivity contribution in [1.82, 2.24) is 14.9 Å². The SMILES string of the molecule is CC(C)c1ccc(Cn2c(C(C)NC(=O)Cc3ccc(-c4ccccc4)cc3)nc3ccccc32)cc1. The highest BCUT2D eigenvalue weighted by Crippen LogP contribution is 2.24. The summed E-state index contributed by atoms with van der Waals surface area (Å²) in [6, 6.07) is 35.2. The van der Waals surface area contributed by atoms with Gasteiger partial charge < -0.3 is 9.88 Å². The van der Waals surface area contributed by atoms with E-state index < -0.39 is 0 Å². The molecule has 4 heteroatoms. The van der Waals surface area contributed by atoms with Crippen LogP contribution < -0.4 is 5.32 Å². The first-order chi connectivity index (χ1) is 18.0. The van der Waals surface area contributed by atoms with Crippen LogP contribution in [0.25, 0.3) is 22.2 Å². The number of benzene rings is 4. The molecule has 186 valence electrons. The van der Waals surface area contributed by atoms with Crippen molar-refractivity contribution in [3.05, 3.63) is 126 Å². The Morgan fingerprint density at radius 2 is 1.38 bits per heavy atom. The molecule has 0 fully saturated rings. The minimum atomic E-state index is -0.224. The number of carbonyl (C=O) groups is 1. The number of nitrogens with one attached hydrogen (secondary N) is 1. The highest BCUT2D eigenvalue weighted by molar-refractivity contribution is 5.80. The molecule has 0 spiro atoms. The molecule has 1 unspecified atom stereocenters. The molecular formula is C33H33N3O. The number of hydrogen-bond donors (Lipinski definition) is 1. The van der Waals surface area contributed by atoms with Gasteiger partial charge in [-0.15, -0.1) is 0 Å². The molecule has 4 nitrogen and oxygen atoms in total. The summed E-state index contributed by atoms with van der Waals surface area (Å²) in [5, 5.41) is 3.18. The smallest absolute Gasteiger partial charge is 0.224 e. The van der Waals surface area contributed by atoms with Crippen LogP contribution in [0.5, 0.6) is 0 Å². The molecule has 1 heterocycles. The average molecular weight is 488 g/mol. The van der Waals surface area contributed by atoms with Gasteiger partial charge in [0.05, 0.1) is 23.5 Å². The number of rotatable bonds is 8. The minimum Gasteiger partial charge on any atom is -0.346 e. The highest BCUT2D eigenvalue weighted by atomic mass is 16.1. The highest BCUT2D eigenvalue weighted by Gasteiger charge is 2.19.